The summed E-state index contributed by atoms with van der Waals surface area (Å²) in [5.74, 6) is 4.62. The number of aromatic amines is 4. The minimum Gasteiger partial charge on any atom is -0.497 e. The molecule has 0 spiro atoms. The third-order valence-electron chi connectivity index (χ3n) is 11.2. The smallest absolute Gasteiger partial charge is 0.373 e. The molecule has 9 rings (SSSR count). The fraction of sp³-hybridized carbons (Fsp3) is 0.164. The number of methoxy groups -OCH3 is 2. The topological polar surface area (TPSA) is 456 Å². The average molecular weight is 1280 g/mol. The number of halogens is 1. The molecule has 0 amide bonds. The molecule has 16 N–H and O–H groups in total. The summed E-state index contributed by atoms with van der Waals surface area (Å²) in [7, 11) is 3.13. The van der Waals surface area contributed by atoms with Crippen LogP contribution in [0, 0.1) is 13.8 Å². The number of rotatable bonds is 16. The SMILES string of the molecule is CCOc1ccc(NC(N)=Nc2nc(C)cc(=O)[nH]2)cc1.CCc1cc(=O)[nH]c(N=C(N)Nc2ccc(OC)cc2)n1.CCc1cc(=O)[nH]c(N=C(N)Nc2ccc(Oc3ccccc3)cc2)n1.COc1ccc(Cl)cc1NC(N)=Nc1nc(C)cc(=O)[nH]1.O=C=O. The fourth-order valence-corrected chi connectivity index (χ4v) is 7.49. The largest absolute Gasteiger partial charge is 0.497 e. The van der Waals surface area contributed by atoms with Crippen LogP contribution < -0.4 is 85.4 Å². The Morgan fingerprint density at radius 1 is 0.478 bits per heavy atom. The molecule has 0 aliphatic rings. The normalized spacial score (nSPS) is 11.0. The summed E-state index contributed by atoms with van der Waals surface area (Å²) >= 11 is 5.92. The number of guanidine groups is 4. The van der Waals surface area contributed by atoms with Crippen molar-refractivity contribution in [2.45, 2.75) is 47.5 Å². The number of H-pyrrole nitrogens is 4. The highest BCUT2D eigenvalue weighted by molar-refractivity contribution is 6.31. The Labute approximate surface area is 530 Å². The first-order valence-electron chi connectivity index (χ1n) is 27.5. The summed E-state index contributed by atoms with van der Waals surface area (Å²) in [5.41, 5.74) is 27.4. The van der Waals surface area contributed by atoms with Crippen molar-refractivity contribution in [3.63, 3.8) is 0 Å². The van der Waals surface area contributed by atoms with E-state index in [1.54, 1.807) is 63.4 Å². The van der Waals surface area contributed by atoms with Gasteiger partial charge in [-0.25, -0.2) is 19.9 Å². The number of carbonyl (C=O) groups excluding carboxylic acids is 2. The summed E-state index contributed by atoms with van der Waals surface area (Å²) < 4.78 is 21.3. The Morgan fingerprint density at radius 2 is 0.848 bits per heavy atom. The van der Waals surface area contributed by atoms with E-state index in [1.807, 2.05) is 99.6 Å². The number of nitrogens with two attached hydrogens (primary N) is 4. The standard InChI is InChI=1S/C19H19N5O2.2C14H17N5O2.C13H14ClN5O2.CO2/c1-2-13-12-17(25)23-19(22-13)24-18(20)21-14-8-10-16(11-9-14)26-15-6-4-3-5-7-15;1-3-9-8-12(20)18-14(17-9)19-13(15)16-10-4-6-11(21-2)7-5-10;1-3-21-11-6-4-10(5-7-11)17-13(15)19-14-16-9(2)8-12(20)18-14;1-7-5-11(20)18-13(16-7)19-12(15)17-9-6-8(14)3-4-10(9)21-2;2-1-3/h3-12H,2H2,1H3,(H4,20,21,22,23,24,25);2*4-8H,3H2,1-2H3,(H4,15,16,17,18,19,20);3-6H,1-2H3,(H4,15,16,17,18,19,20);. The Morgan fingerprint density at radius 3 is 1.23 bits per heavy atom. The molecule has 4 aromatic heterocycles. The Hall–Kier alpha value is -12.4. The molecule has 31 heteroatoms. The fourth-order valence-electron chi connectivity index (χ4n) is 7.32. The van der Waals surface area contributed by atoms with Gasteiger partial charge in [-0.1, -0.05) is 43.6 Å². The molecule has 0 atom stereocenters. The zero-order chi connectivity index (χ0) is 67.0. The highest BCUT2D eigenvalue weighted by atomic mass is 35.5. The zero-order valence-electron chi connectivity index (χ0n) is 50.8. The number of anilines is 4. The molecule has 0 saturated carbocycles. The molecule has 0 aliphatic heterocycles. The van der Waals surface area contributed by atoms with Gasteiger partial charge in [-0.05, 0) is 137 Å². The second-order valence-electron chi connectivity index (χ2n) is 18.3. The van der Waals surface area contributed by atoms with Crippen molar-refractivity contribution in [2.24, 2.45) is 42.9 Å². The molecule has 0 saturated heterocycles. The summed E-state index contributed by atoms with van der Waals surface area (Å²) in [6.45, 7) is 9.77. The molecule has 0 bridgehead atoms. The molecule has 4 heterocycles. The summed E-state index contributed by atoms with van der Waals surface area (Å²) in [6.07, 6.45) is 1.54. The van der Waals surface area contributed by atoms with Crippen LogP contribution in [-0.4, -0.2) is 90.7 Å². The van der Waals surface area contributed by atoms with Gasteiger partial charge in [0, 0.05) is 69.1 Å². The quantitative estimate of drug-likeness (QED) is 0.0332. The van der Waals surface area contributed by atoms with E-state index in [9.17, 15) is 19.2 Å². The summed E-state index contributed by atoms with van der Waals surface area (Å²) in [4.78, 5) is 105. The Balaban J connectivity index is 0.000000220. The highest BCUT2D eigenvalue weighted by Gasteiger charge is 2.08. The van der Waals surface area contributed by atoms with E-state index in [0.717, 1.165) is 34.3 Å². The molecule has 30 nitrogen and oxygen atoms in total. The van der Waals surface area contributed by atoms with Gasteiger partial charge in [0.1, 0.15) is 28.7 Å². The number of aliphatic imine (C=N–C) groups is 4. The van der Waals surface area contributed by atoms with Crippen LogP contribution in [0.2, 0.25) is 5.02 Å². The first-order chi connectivity index (χ1) is 44.2. The molecule has 92 heavy (non-hydrogen) atoms. The number of hydrogen-bond donors (Lipinski definition) is 12. The van der Waals surface area contributed by atoms with Gasteiger partial charge in [-0.3, -0.25) is 39.1 Å². The van der Waals surface area contributed by atoms with Crippen LogP contribution in [0.4, 0.5) is 46.5 Å². The Bertz CT molecular complexity index is 4250. The lowest BCUT2D eigenvalue weighted by molar-refractivity contribution is -0.191. The number of aryl methyl sites for hydroxylation is 4. The third kappa shape index (κ3) is 25.5. The molecule has 0 radical (unpaired) electrons. The first-order valence-corrected chi connectivity index (χ1v) is 27.9. The van der Waals surface area contributed by atoms with Gasteiger partial charge in [0.05, 0.1) is 26.5 Å². The second kappa shape index (κ2) is 36.7. The number of ether oxygens (including phenoxy) is 4. The van der Waals surface area contributed by atoms with Gasteiger partial charge < -0.3 is 63.1 Å². The van der Waals surface area contributed by atoms with Gasteiger partial charge in [-0.2, -0.15) is 29.6 Å². The van der Waals surface area contributed by atoms with Gasteiger partial charge in [-0.15, -0.1) is 0 Å². The molecule has 0 aliphatic carbocycles. The molecular weight excluding hydrogens is 1210 g/mol. The molecular formula is C61H67ClN20O10. The third-order valence-corrected chi connectivity index (χ3v) is 11.5. The predicted molar refractivity (Wildman–Crippen MR) is 354 cm³/mol. The Kier molecular flexibility index (Phi) is 28.0. The molecule has 478 valence electrons. The highest BCUT2D eigenvalue weighted by Crippen LogP contribution is 2.28. The van der Waals surface area contributed by atoms with Crippen LogP contribution in [0.25, 0.3) is 0 Å². The van der Waals surface area contributed by atoms with Crippen LogP contribution in [0.15, 0.2) is 185 Å². The van der Waals surface area contributed by atoms with Crippen molar-refractivity contribution in [1.82, 2.24) is 39.9 Å². The zero-order valence-corrected chi connectivity index (χ0v) is 51.6. The van der Waals surface area contributed by atoms with E-state index < -0.39 is 0 Å². The van der Waals surface area contributed by atoms with Crippen LogP contribution in [0.1, 0.15) is 43.5 Å². The van der Waals surface area contributed by atoms with E-state index >= 15 is 0 Å². The van der Waals surface area contributed by atoms with Crippen molar-refractivity contribution in [2.75, 3.05) is 42.1 Å². The molecule has 9 aromatic rings. The summed E-state index contributed by atoms with van der Waals surface area (Å²) in [5, 5.41) is 12.1. The number of para-hydroxylation sites is 1. The maximum absolute atomic E-state index is 11.6. The lowest BCUT2D eigenvalue weighted by atomic mass is 10.3. The number of hydrogen-bond acceptors (Lipinski definition) is 18. The van der Waals surface area contributed by atoms with Gasteiger partial charge in [0.15, 0.2) is 0 Å². The van der Waals surface area contributed by atoms with Gasteiger partial charge in [0.2, 0.25) is 47.6 Å². The van der Waals surface area contributed by atoms with Gasteiger partial charge >= 0.3 is 6.15 Å². The first kappa shape index (κ1) is 70.3. The van der Waals surface area contributed by atoms with Crippen molar-refractivity contribution < 1.29 is 28.5 Å². The van der Waals surface area contributed by atoms with E-state index in [-0.39, 0.29) is 76.0 Å². The predicted octanol–water partition coefficient (Wildman–Crippen LogP) is 7.33. The van der Waals surface area contributed by atoms with E-state index in [1.165, 1.54) is 31.4 Å². The van der Waals surface area contributed by atoms with E-state index in [0.29, 0.717) is 64.4 Å². The molecule has 5 aromatic carbocycles. The van der Waals surface area contributed by atoms with Crippen LogP contribution in [0.5, 0.6) is 28.7 Å². The number of nitrogens with zero attached hydrogens (tertiary/aromatic N) is 8. The van der Waals surface area contributed by atoms with Crippen molar-refractivity contribution in [3.8, 4) is 28.7 Å². The van der Waals surface area contributed by atoms with Crippen molar-refractivity contribution in [3.05, 3.63) is 215 Å². The van der Waals surface area contributed by atoms with E-state index in [2.05, 4.69) is 81.1 Å². The lowest BCUT2D eigenvalue weighted by Crippen LogP contribution is -2.23. The van der Waals surface area contributed by atoms with Crippen LogP contribution >= 0.6 is 11.6 Å². The maximum Gasteiger partial charge on any atom is 0.373 e. The summed E-state index contributed by atoms with van der Waals surface area (Å²) in [6, 6.07) is 42.0. The number of nitrogens with one attached hydrogen (secondary N) is 8. The van der Waals surface area contributed by atoms with Gasteiger partial charge in [0.25, 0.3) is 22.2 Å². The van der Waals surface area contributed by atoms with Crippen LogP contribution in [-0.2, 0) is 22.4 Å². The van der Waals surface area contributed by atoms with Crippen molar-refractivity contribution in [1.29, 1.82) is 0 Å². The molecule has 0 unspecified atom stereocenters. The number of benzene rings is 5. The van der Waals surface area contributed by atoms with Crippen LogP contribution in [0.3, 0.4) is 0 Å². The maximum atomic E-state index is 11.6. The van der Waals surface area contributed by atoms with Crippen molar-refractivity contribution >= 4 is 88.1 Å². The molecule has 0 fully saturated rings. The van der Waals surface area contributed by atoms with E-state index in [4.69, 9.17) is 63.1 Å². The lowest BCUT2D eigenvalue weighted by Gasteiger charge is -2.10. The average Bonchev–Trinajstić information content (AvgIpc) is 1.63. The monoisotopic (exact) mass is 1270 g/mol. The second-order valence-corrected chi connectivity index (χ2v) is 18.7. The minimum absolute atomic E-state index is 0.0457. The minimum atomic E-state index is -0.297. The number of aromatic nitrogens is 8.